The number of carbonyl (C=O) groups excluding carboxylic acids is 2. The maximum atomic E-state index is 13.2. The monoisotopic (exact) mass is 421 g/mol. The van der Waals surface area contributed by atoms with Crippen molar-refractivity contribution in [2.24, 2.45) is 5.92 Å². The van der Waals surface area contributed by atoms with Crippen molar-refractivity contribution >= 4 is 27.5 Å². The fourth-order valence-corrected chi connectivity index (χ4v) is 5.62. The highest BCUT2D eigenvalue weighted by molar-refractivity contribution is 7.89. The molecule has 1 fully saturated rings. The van der Waals surface area contributed by atoms with Gasteiger partial charge in [-0.15, -0.1) is 0 Å². The minimum Gasteiger partial charge on any atom is -0.353 e. The van der Waals surface area contributed by atoms with Gasteiger partial charge < -0.3 is 10.2 Å². The second-order valence-electron chi connectivity index (χ2n) is 8.08. The maximum Gasteiger partial charge on any atom is 0.243 e. The minimum atomic E-state index is -3.68. The van der Waals surface area contributed by atoms with E-state index in [0.717, 1.165) is 30.5 Å². The van der Waals surface area contributed by atoms with E-state index in [4.69, 9.17) is 0 Å². The van der Waals surface area contributed by atoms with E-state index in [9.17, 15) is 18.0 Å². The van der Waals surface area contributed by atoms with E-state index in [1.54, 1.807) is 23.1 Å². The van der Waals surface area contributed by atoms with Crippen LogP contribution in [0.2, 0.25) is 0 Å². The van der Waals surface area contributed by atoms with Crippen molar-refractivity contribution in [3.05, 3.63) is 23.8 Å². The van der Waals surface area contributed by atoms with E-state index in [-0.39, 0.29) is 35.2 Å². The molecular weight excluding hydrogens is 390 g/mol. The van der Waals surface area contributed by atoms with Gasteiger partial charge in [-0.25, -0.2) is 8.42 Å². The van der Waals surface area contributed by atoms with Gasteiger partial charge in [-0.2, -0.15) is 4.31 Å². The molecule has 0 bridgehead atoms. The van der Waals surface area contributed by atoms with Crippen LogP contribution in [0.25, 0.3) is 0 Å². The Kier molecular flexibility index (Phi) is 6.63. The van der Waals surface area contributed by atoms with E-state index in [1.807, 2.05) is 13.8 Å². The van der Waals surface area contributed by atoms with Crippen LogP contribution in [0.1, 0.15) is 52.0 Å². The van der Waals surface area contributed by atoms with E-state index in [1.165, 1.54) is 11.2 Å². The van der Waals surface area contributed by atoms with Crippen LogP contribution >= 0.6 is 0 Å². The van der Waals surface area contributed by atoms with Gasteiger partial charge in [0.25, 0.3) is 0 Å². The number of hydrogen-bond donors (Lipinski definition) is 1. The third-order valence-corrected chi connectivity index (χ3v) is 7.80. The number of carbonyl (C=O) groups is 2. The molecule has 0 aromatic heterocycles. The summed E-state index contributed by atoms with van der Waals surface area (Å²) in [6, 6.07) is 5.10. The molecular formula is C21H31N3O4S. The van der Waals surface area contributed by atoms with Gasteiger partial charge in [-0.3, -0.25) is 9.59 Å². The Morgan fingerprint density at radius 1 is 1.24 bits per heavy atom. The molecule has 0 radical (unpaired) electrons. The van der Waals surface area contributed by atoms with Crippen LogP contribution in [-0.4, -0.2) is 50.2 Å². The maximum absolute atomic E-state index is 13.2. The van der Waals surface area contributed by atoms with Crippen LogP contribution in [0.5, 0.6) is 0 Å². The lowest BCUT2D eigenvalue weighted by molar-refractivity contribution is -0.126. The predicted molar refractivity (Wildman–Crippen MR) is 112 cm³/mol. The number of aryl methyl sites for hydroxylation is 1. The number of sulfonamides is 1. The third kappa shape index (κ3) is 4.64. The Morgan fingerprint density at radius 2 is 2.00 bits per heavy atom. The molecule has 0 spiro atoms. The van der Waals surface area contributed by atoms with E-state index >= 15 is 0 Å². The summed E-state index contributed by atoms with van der Waals surface area (Å²) in [5.41, 5.74) is 1.68. The van der Waals surface area contributed by atoms with Gasteiger partial charge >= 0.3 is 0 Å². The van der Waals surface area contributed by atoms with Crippen LogP contribution < -0.4 is 10.2 Å². The molecule has 1 saturated heterocycles. The molecule has 2 atom stereocenters. The first kappa shape index (κ1) is 21.8. The molecule has 1 aromatic rings. The van der Waals surface area contributed by atoms with Gasteiger partial charge in [-0.1, -0.05) is 6.92 Å². The second kappa shape index (κ2) is 8.83. The van der Waals surface area contributed by atoms with Gasteiger partial charge in [-0.05, 0) is 62.8 Å². The minimum absolute atomic E-state index is 0.0345. The van der Waals surface area contributed by atoms with E-state index in [2.05, 4.69) is 5.32 Å². The Hall–Kier alpha value is -1.93. The van der Waals surface area contributed by atoms with Crippen molar-refractivity contribution in [3.63, 3.8) is 0 Å². The number of rotatable bonds is 5. The molecule has 2 heterocycles. The average molecular weight is 422 g/mol. The summed E-state index contributed by atoms with van der Waals surface area (Å²) < 4.78 is 27.9. The summed E-state index contributed by atoms with van der Waals surface area (Å²) in [7, 11) is -3.68. The molecule has 1 N–H and O–H groups in total. The fourth-order valence-electron chi connectivity index (χ4n) is 4.05. The smallest absolute Gasteiger partial charge is 0.243 e. The highest BCUT2D eigenvalue weighted by Gasteiger charge is 2.34. The number of nitrogens with one attached hydrogen (secondary N) is 1. The normalized spacial score (nSPS) is 21.3. The van der Waals surface area contributed by atoms with Crippen molar-refractivity contribution in [2.75, 3.05) is 24.5 Å². The lowest BCUT2D eigenvalue weighted by Crippen LogP contribution is -2.47. The van der Waals surface area contributed by atoms with Crippen molar-refractivity contribution in [1.82, 2.24) is 9.62 Å². The number of anilines is 1. The van der Waals surface area contributed by atoms with Crippen LogP contribution in [-0.2, 0) is 26.0 Å². The zero-order valence-corrected chi connectivity index (χ0v) is 18.3. The Morgan fingerprint density at radius 3 is 2.69 bits per heavy atom. The largest absolute Gasteiger partial charge is 0.353 e. The van der Waals surface area contributed by atoms with Gasteiger partial charge in [0.1, 0.15) is 0 Å². The SMILES string of the molecule is CC[C@H](C)NC(=O)[C@H]1CCCN(S(=O)(=O)c2ccc3c(c2)CCCN3C(C)=O)C1. The molecule has 7 nitrogen and oxygen atoms in total. The topological polar surface area (TPSA) is 86.8 Å². The molecule has 3 rings (SSSR count). The first-order valence-corrected chi connectivity index (χ1v) is 11.9. The molecule has 160 valence electrons. The van der Waals surface area contributed by atoms with Crippen molar-refractivity contribution < 1.29 is 18.0 Å². The summed E-state index contributed by atoms with van der Waals surface area (Å²) in [4.78, 5) is 26.3. The van der Waals surface area contributed by atoms with Gasteiger partial charge in [0.05, 0.1) is 10.8 Å². The quantitative estimate of drug-likeness (QED) is 0.790. The standard InChI is InChI=1S/C21H31N3O4S/c1-4-15(2)22-21(26)18-8-5-11-23(14-18)29(27,28)19-9-10-20-17(13-19)7-6-12-24(20)16(3)25/h9-10,13,15,18H,4-8,11-12,14H2,1-3H3,(H,22,26)/t15-,18-/m0/s1. The van der Waals surface area contributed by atoms with Crippen LogP contribution in [0, 0.1) is 5.92 Å². The number of benzene rings is 1. The van der Waals surface area contributed by atoms with Gasteiger partial charge in [0.15, 0.2) is 0 Å². The number of piperidine rings is 1. The zero-order valence-electron chi connectivity index (χ0n) is 17.5. The molecule has 0 aliphatic carbocycles. The second-order valence-corrected chi connectivity index (χ2v) is 10.0. The highest BCUT2D eigenvalue weighted by atomic mass is 32.2. The Labute approximate surface area is 173 Å². The number of fused-ring (bicyclic) bond motifs is 1. The molecule has 2 aliphatic rings. The molecule has 0 saturated carbocycles. The van der Waals surface area contributed by atoms with Crippen molar-refractivity contribution in [2.45, 2.75) is 63.8 Å². The van der Waals surface area contributed by atoms with E-state index < -0.39 is 10.0 Å². The third-order valence-electron chi connectivity index (χ3n) is 5.94. The van der Waals surface area contributed by atoms with Crippen molar-refractivity contribution in [3.8, 4) is 0 Å². The summed E-state index contributed by atoms with van der Waals surface area (Å²) in [6.07, 6.45) is 3.78. The van der Waals surface area contributed by atoms with Crippen LogP contribution in [0.15, 0.2) is 23.1 Å². The molecule has 2 amide bonds. The molecule has 1 aromatic carbocycles. The Balaban J connectivity index is 1.80. The van der Waals surface area contributed by atoms with Gasteiger partial charge in [0.2, 0.25) is 21.8 Å². The number of amides is 2. The summed E-state index contributed by atoms with van der Waals surface area (Å²) in [5, 5.41) is 2.97. The first-order valence-electron chi connectivity index (χ1n) is 10.5. The summed E-state index contributed by atoms with van der Waals surface area (Å²) in [6.45, 7) is 6.78. The average Bonchev–Trinajstić information content (AvgIpc) is 2.72. The highest BCUT2D eigenvalue weighted by Crippen LogP contribution is 2.31. The zero-order chi connectivity index (χ0) is 21.2. The lowest BCUT2D eigenvalue weighted by atomic mass is 9.98. The Bertz CT molecular complexity index is 884. The summed E-state index contributed by atoms with van der Waals surface area (Å²) in [5.74, 6) is -0.423. The molecule has 8 heteroatoms. The lowest BCUT2D eigenvalue weighted by Gasteiger charge is -2.33. The number of nitrogens with zero attached hydrogens (tertiary/aromatic N) is 2. The fraction of sp³-hybridized carbons (Fsp3) is 0.619. The van der Waals surface area contributed by atoms with Crippen LogP contribution in [0.3, 0.4) is 0 Å². The molecule has 2 aliphatic heterocycles. The molecule has 29 heavy (non-hydrogen) atoms. The van der Waals surface area contributed by atoms with Crippen molar-refractivity contribution in [1.29, 1.82) is 0 Å². The number of hydrogen-bond acceptors (Lipinski definition) is 4. The first-order chi connectivity index (χ1) is 13.7. The molecule has 0 unspecified atom stereocenters. The summed E-state index contributed by atoms with van der Waals surface area (Å²) >= 11 is 0. The van der Waals surface area contributed by atoms with Crippen LogP contribution in [0.4, 0.5) is 5.69 Å². The predicted octanol–water partition coefficient (Wildman–Crippen LogP) is 2.30. The van der Waals surface area contributed by atoms with Gasteiger partial charge in [0, 0.05) is 38.3 Å². The van der Waals surface area contributed by atoms with E-state index in [0.29, 0.717) is 25.9 Å².